The molecule has 0 radical (unpaired) electrons. The summed E-state index contributed by atoms with van der Waals surface area (Å²) in [5.74, 6) is 0.0555. The van der Waals surface area contributed by atoms with Gasteiger partial charge in [0.1, 0.15) is 20.5 Å². The summed E-state index contributed by atoms with van der Waals surface area (Å²) in [5.41, 5.74) is 1.44. The Labute approximate surface area is 146 Å². The highest BCUT2D eigenvalue weighted by Gasteiger charge is 2.27. The van der Waals surface area contributed by atoms with Crippen molar-refractivity contribution in [2.45, 2.75) is 12.8 Å². The zero-order valence-corrected chi connectivity index (χ0v) is 15.1. The molecule has 3 rings (SSSR count). The molecule has 1 saturated heterocycles. The standard InChI is InChI=1S/C17H20N2O3S2/c1-24(21,22)12-13-6-5-9-19(10-13)17(20)15-11-23-16(18-15)14-7-3-2-4-8-14/h2-4,7-8,11,13H,5-6,9-10,12H2,1H3. The highest BCUT2D eigenvalue weighted by atomic mass is 32.2. The number of rotatable bonds is 4. The molecule has 0 saturated carbocycles. The lowest BCUT2D eigenvalue weighted by molar-refractivity contribution is 0.0679. The molecule has 0 N–H and O–H groups in total. The summed E-state index contributed by atoms with van der Waals surface area (Å²) in [6, 6.07) is 9.77. The highest BCUT2D eigenvalue weighted by Crippen LogP contribution is 2.25. The topological polar surface area (TPSA) is 67.3 Å². The fourth-order valence-electron chi connectivity index (χ4n) is 3.06. The number of piperidine rings is 1. The molecular weight excluding hydrogens is 344 g/mol. The molecule has 1 amide bonds. The van der Waals surface area contributed by atoms with Crippen LogP contribution in [0.15, 0.2) is 35.7 Å². The van der Waals surface area contributed by atoms with E-state index in [4.69, 9.17) is 0 Å². The summed E-state index contributed by atoms with van der Waals surface area (Å²) in [6.07, 6.45) is 2.94. The van der Waals surface area contributed by atoms with Crippen LogP contribution in [0.25, 0.3) is 10.6 Å². The molecule has 7 heteroatoms. The Morgan fingerprint density at radius 3 is 2.79 bits per heavy atom. The van der Waals surface area contributed by atoms with E-state index in [1.807, 2.05) is 30.3 Å². The van der Waals surface area contributed by atoms with Crippen LogP contribution in [0.3, 0.4) is 0 Å². The van der Waals surface area contributed by atoms with Crippen LogP contribution in [-0.4, -0.2) is 49.3 Å². The molecular formula is C17H20N2O3S2. The third-order valence-corrected chi connectivity index (χ3v) is 6.06. The van der Waals surface area contributed by atoms with Crippen molar-refractivity contribution in [3.63, 3.8) is 0 Å². The largest absolute Gasteiger partial charge is 0.337 e. The van der Waals surface area contributed by atoms with Crippen LogP contribution in [-0.2, 0) is 9.84 Å². The summed E-state index contributed by atoms with van der Waals surface area (Å²) >= 11 is 1.45. The Bertz CT molecular complexity index is 815. The Balaban J connectivity index is 1.71. The van der Waals surface area contributed by atoms with Crippen molar-refractivity contribution in [1.82, 2.24) is 9.88 Å². The maximum Gasteiger partial charge on any atom is 0.273 e. The lowest BCUT2D eigenvalue weighted by atomic mass is 10.00. The van der Waals surface area contributed by atoms with Crippen molar-refractivity contribution >= 4 is 27.1 Å². The number of hydrogen-bond donors (Lipinski definition) is 0. The van der Waals surface area contributed by atoms with Crippen LogP contribution in [0.1, 0.15) is 23.3 Å². The zero-order valence-electron chi connectivity index (χ0n) is 13.5. The van der Waals surface area contributed by atoms with Crippen molar-refractivity contribution < 1.29 is 13.2 Å². The lowest BCUT2D eigenvalue weighted by Gasteiger charge is -2.32. The maximum atomic E-state index is 12.7. The number of amides is 1. The summed E-state index contributed by atoms with van der Waals surface area (Å²) in [6.45, 7) is 1.15. The van der Waals surface area contributed by atoms with E-state index in [2.05, 4.69) is 4.98 Å². The Kier molecular flexibility index (Phi) is 5.01. The van der Waals surface area contributed by atoms with Crippen LogP contribution in [0, 0.1) is 5.92 Å². The molecule has 128 valence electrons. The van der Waals surface area contributed by atoms with Crippen molar-refractivity contribution in [2.24, 2.45) is 5.92 Å². The second-order valence-electron chi connectivity index (χ2n) is 6.26. The second-order valence-corrected chi connectivity index (χ2v) is 9.30. The number of aromatic nitrogens is 1. The van der Waals surface area contributed by atoms with Gasteiger partial charge in [0, 0.05) is 30.3 Å². The molecule has 1 atom stereocenters. The minimum absolute atomic E-state index is 0.0185. The van der Waals surface area contributed by atoms with E-state index < -0.39 is 9.84 Å². The summed E-state index contributed by atoms with van der Waals surface area (Å²) in [4.78, 5) is 18.9. The average molecular weight is 364 g/mol. The van der Waals surface area contributed by atoms with Crippen molar-refractivity contribution in [2.75, 3.05) is 25.1 Å². The first kappa shape index (κ1) is 17.1. The van der Waals surface area contributed by atoms with Gasteiger partial charge in [-0.15, -0.1) is 11.3 Å². The predicted molar refractivity (Wildman–Crippen MR) is 95.9 cm³/mol. The fourth-order valence-corrected chi connectivity index (χ4v) is 4.99. The normalized spacial score (nSPS) is 18.5. The Morgan fingerprint density at radius 2 is 2.08 bits per heavy atom. The first-order valence-corrected chi connectivity index (χ1v) is 10.8. The van der Waals surface area contributed by atoms with Crippen molar-refractivity contribution in [1.29, 1.82) is 0 Å². The van der Waals surface area contributed by atoms with Gasteiger partial charge in [-0.25, -0.2) is 13.4 Å². The molecule has 2 aromatic rings. The van der Waals surface area contributed by atoms with Crippen molar-refractivity contribution in [3.05, 3.63) is 41.4 Å². The Morgan fingerprint density at radius 1 is 1.33 bits per heavy atom. The van der Waals surface area contributed by atoms with E-state index in [1.54, 1.807) is 10.3 Å². The van der Waals surface area contributed by atoms with Crippen LogP contribution >= 0.6 is 11.3 Å². The van der Waals surface area contributed by atoms with Gasteiger partial charge in [-0.1, -0.05) is 30.3 Å². The molecule has 0 bridgehead atoms. The number of benzene rings is 1. The van der Waals surface area contributed by atoms with E-state index in [1.165, 1.54) is 17.6 Å². The second kappa shape index (κ2) is 7.03. The van der Waals surface area contributed by atoms with Crippen LogP contribution < -0.4 is 0 Å². The van der Waals surface area contributed by atoms with Gasteiger partial charge in [0.2, 0.25) is 0 Å². The van der Waals surface area contributed by atoms with E-state index in [0.29, 0.717) is 18.8 Å². The van der Waals surface area contributed by atoms with Crippen LogP contribution in [0.2, 0.25) is 0 Å². The third kappa shape index (κ3) is 4.21. The maximum absolute atomic E-state index is 12.7. The smallest absolute Gasteiger partial charge is 0.273 e. The first-order valence-electron chi connectivity index (χ1n) is 7.90. The van der Waals surface area contributed by atoms with Gasteiger partial charge in [0.15, 0.2) is 0 Å². The third-order valence-electron chi connectivity index (χ3n) is 4.09. The number of carbonyl (C=O) groups is 1. The minimum Gasteiger partial charge on any atom is -0.337 e. The number of hydrogen-bond acceptors (Lipinski definition) is 5. The number of thiazole rings is 1. The average Bonchev–Trinajstić information content (AvgIpc) is 3.03. The monoisotopic (exact) mass is 364 g/mol. The molecule has 1 aromatic carbocycles. The molecule has 5 nitrogen and oxygen atoms in total. The number of sulfone groups is 1. The molecule has 0 spiro atoms. The minimum atomic E-state index is -3.02. The van der Waals surface area contributed by atoms with Gasteiger partial charge in [-0.2, -0.15) is 0 Å². The summed E-state index contributed by atoms with van der Waals surface area (Å²) in [5, 5.41) is 2.61. The quantitative estimate of drug-likeness (QED) is 0.836. The lowest BCUT2D eigenvalue weighted by Crippen LogP contribution is -2.41. The van der Waals surface area contributed by atoms with E-state index >= 15 is 0 Å². The molecule has 1 fully saturated rings. The van der Waals surface area contributed by atoms with Gasteiger partial charge in [-0.3, -0.25) is 4.79 Å². The Hall–Kier alpha value is -1.73. The van der Waals surface area contributed by atoms with E-state index in [-0.39, 0.29) is 17.6 Å². The number of nitrogens with zero attached hydrogens (tertiary/aromatic N) is 2. The van der Waals surface area contributed by atoms with Crippen LogP contribution in [0.4, 0.5) is 0 Å². The fraction of sp³-hybridized carbons (Fsp3) is 0.412. The summed E-state index contributed by atoms with van der Waals surface area (Å²) < 4.78 is 23.0. The van der Waals surface area contributed by atoms with Gasteiger partial charge in [-0.05, 0) is 18.8 Å². The highest BCUT2D eigenvalue weighted by molar-refractivity contribution is 7.90. The van der Waals surface area contributed by atoms with E-state index in [9.17, 15) is 13.2 Å². The molecule has 1 unspecified atom stereocenters. The van der Waals surface area contributed by atoms with Gasteiger partial charge in [0.05, 0.1) is 5.75 Å². The SMILES string of the molecule is CS(=O)(=O)CC1CCCN(C(=O)c2csc(-c3ccccc3)n2)C1. The van der Waals surface area contributed by atoms with Crippen molar-refractivity contribution in [3.8, 4) is 10.6 Å². The molecule has 24 heavy (non-hydrogen) atoms. The molecule has 1 aliphatic heterocycles. The van der Waals surface area contributed by atoms with Gasteiger partial charge >= 0.3 is 0 Å². The van der Waals surface area contributed by atoms with Gasteiger partial charge in [0.25, 0.3) is 5.91 Å². The molecule has 0 aliphatic carbocycles. The van der Waals surface area contributed by atoms with Crippen LogP contribution in [0.5, 0.6) is 0 Å². The molecule has 1 aliphatic rings. The first-order chi connectivity index (χ1) is 11.4. The molecule has 1 aromatic heterocycles. The number of likely N-dealkylation sites (tertiary alicyclic amines) is 1. The van der Waals surface area contributed by atoms with Gasteiger partial charge < -0.3 is 4.90 Å². The number of carbonyl (C=O) groups excluding carboxylic acids is 1. The van der Waals surface area contributed by atoms with E-state index in [0.717, 1.165) is 23.4 Å². The summed E-state index contributed by atoms with van der Waals surface area (Å²) in [7, 11) is -3.02. The zero-order chi connectivity index (χ0) is 17.2. The predicted octanol–water partition coefficient (Wildman–Crippen LogP) is 2.71. The molecule has 2 heterocycles.